The second-order valence-electron chi connectivity index (χ2n) is 5.40. The van der Waals surface area contributed by atoms with Gasteiger partial charge in [0, 0.05) is 30.8 Å². The third-order valence-electron chi connectivity index (χ3n) is 3.17. The first-order valence-corrected chi connectivity index (χ1v) is 8.98. The Bertz CT molecular complexity index is 935. The zero-order valence-corrected chi connectivity index (χ0v) is 14.9. The fraction of sp³-hybridized carbons (Fsp3) is 0.118. The van der Waals surface area contributed by atoms with E-state index in [0.717, 1.165) is 6.92 Å². The lowest BCUT2D eigenvalue weighted by Gasteiger charge is -2.08. The molecule has 0 aliphatic rings. The molecule has 0 saturated heterocycles. The number of amides is 3. The van der Waals surface area contributed by atoms with Crippen LogP contribution >= 0.6 is 0 Å². The van der Waals surface area contributed by atoms with Crippen LogP contribution in [-0.4, -0.2) is 26.1 Å². The highest BCUT2D eigenvalue weighted by molar-refractivity contribution is 7.90. The number of nitrogens with one attached hydrogen (secondary N) is 3. The lowest BCUT2D eigenvalue weighted by Crippen LogP contribution is -2.28. The van der Waals surface area contributed by atoms with Crippen LogP contribution in [0, 0.1) is 0 Å². The molecule has 0 fully saturated rings. The van der Waals surface area contributed by atoms with E-state index in [1.165, 1.54) is 31.2 Å². The van der Waals surface area contributed by atoms with Gasteiger partial charge in [-0.1, -0.05) is 0 Å². The van der Waals surface area contributed by atoms with Gasteiger partial charge in [-0.25, -0.2) is 13.1 Å². The van der Waals surface area contributed by atoms with Crippen LogP contribution < -0.4 is 15.4 Å². The summed E-state index contributed by atoms with van der Waals surface area (Å²) in [4.78, 5) is 34.0. The summed E-state index contributed by atoms with van der Waals surface area (Å²) < 4.78 is 25.6. The van der Waals surface area contributed by atoms with Crippen molar-refractivity contribution in [1.82, 2.24) is 4.72 Å². The Labute approximate surface area is 150 Å². The minimum absolute atomic E-state index is 0.0923. The molecule has 136 valence electrons. The molecule has 0 atom stereocenters. The van der Waals surface area contributed by atoms with Gasteiger partial charge in [0.25, 0.3) is 15.9 Å². The van der Waals surface area contributed by atoms with Gasteiger partial charge in [-0.15, -0.1) is 0 Å². The number of carbonyl (C=O) groups excluding carboxylic acids is 3. The molecule has 0 heterocycles. The van der Waals surface area contributed by atoms with Crippen molar-refractivity contribution in [2.45, 2.75) is 18.7 Å². The summed E-state index contributed by atoms with van der Waals surface area (Å²) in [6, 6.07) is 11.7. The fourth-order valence-electron chi connectivity index (χ4n) is 2.08. The highest BCUT2D eigenvalue weighted by Gasteiger charge is 2.15. The summed E-state index contributed by atoms with van der Waals surface area (Å²) in [5.74, 6) is -1.29. The van der Waals surface area contributed by atoms with Crippen LogP contribution in [0.1, 0.15) is 24.2 Å². The topological polar surface area (TPSA) is 121 Å². The van der Waals surface area contributed by atoms with Crippen molar-refractivity contribution >= 4 is 39.1 Å². The molecule has 8 nitrogen and oxygen atoms in total. The van der Waals surface area contributed by atoms with E-state index in [-0.39, 0.29) is 10.8 Å². The van der Waals surface area contributed by atoms with E-state index in [4.69, 9.17) is 0 Å². The normalized spacial score (nSPS) is 10.7. The lowest BCUT2D eigenvalue weighted by atomic mass is 10.2. The maximum absolute atomic E-state index is 12.2. The van der Waals surface area contributed by atoms with Gasteiger partial charge in [0.05, 0.1) is 4.90 Å². The first kappa shape index (κ1) is 19.1. The van der Waals surface area contributed by atoms with Crippen molar-refractivity contribution in [3.63, 3.8) is 0 Å². The molecule has 0 bridgehead atoms. The Morgan fingerprint density at radius 1 is 0.731 bits per heavy atom. The van der Waals surface area contributed by atoms with Gasteiger partial charge >= 0.3 is 0 Å². The number of carbonyl (C=O) groups is 3. The molecule has 0 unspecified atom stereocenters. The van der Waals surface area contributed by atoms with Crippen LogP contribution in [0.25, 0.3) is 0 Å². The van der Waals surface area contributed by atoms with Crippen molar-refractivity contribution in [2.24, 2.45) is 0 Å². The molecule has 0 aliphatic heterocycles. The molecule has 9 heteroatoms. The molecule has 2 aromatic rings. The zero-order chi connectivity index (χ0) is 19.3. The van der Waals surface area contributed by atoms with Gasteiger partial charge in [0.1, 0.15) is 0 Å². The number of hydrogen-bond donors (Lipinski definition) is 3. The molecule has 0 aromatic heterocycles. The maximum Gasteiger partial charge on any atom is 0.264 e. The largest absolute Gasteiger partial charge is 0.326 e. The van der Waals surface area contributed by atoms with Crippen LogP contribution in [0.2, 0.25) is 0 Å². The average Bonchev–Trinajstić information content (AvgIpc) is 2.54. The molecule has 0 spiro atoms. The summed E-state index contributed by atoms with van der Waals surface area (Å²) >= 11 is 0. The van der Waals surface area contributed by atoms with Crippen molar-refractivity contribution in [1.29, 1.82) is 0 Å². The van der Waals surface area contributed by atoms with Crippen LogP contribution in [-0.2, 0) is 19.6 Å². The van der Waals surface area contributed by atoms with Crippen molar-refractivity contribution in [3.8, 4) is 0 Å². The van der Waals surface area contributed by atoms with Gasteiger partial charge in [0.2, 0.25) is 11.8 Å². The molecular formula is C17H17N3O5S. The Balaban J connectivity index is 2.07. The molecular weight excluding hydrogens is 358 g/mol. The summed E-state index contributed by atoms with van der Waals surface area (Å²) in [6.45, 7) is 2.49. The number of rotatable bonds is 5. The van der Waals surface area contributed by atoms with Gasteiger partial charge in [-0.05, 0) is 48.5 Å². The van der Waals surface area contributed by atoms with Crippen LogP contribution in [0.3, 0.4) is 0 Å². The molecule has 2 aromatic carbocycles. The summed E-state index contributed by atoms with van der Waals surface area (Å²) in [5, 5.41) is 5.23. The molecule has 0 saturated carbocycles. The number of anilines is 2. The van der Waals surface area contributed by atoms with Crippen LogP contribution in [0.5, 0.6) is 0 Å². The van der Waals surface area contributed by atoms with Crippen molar-refractivity contribution in [3.05, 3.63) is 54.1 Å². The predicted octanol–water partition coefficient (Wildman–Crippen LogP) is 1.72. The van der Waals surface area contributed by atoms with Crippen molar-refractivity contribution in [2.75, 3.05) is 10.6 Å². The Hall–Kier alpha value is -3.20. The van der Waals surface area contributed by atoms with Gasteiger partial charge in [-0.2, -0.15) is 0 Å². The third-order valence-corrected chi connectivity index (χ3v) is 4.62. The minimum Gasteiger partial charge on any atom is -0.326 e. The van der Waals surface area contributed by atoms with Crippen LogP contribution in [0.4, 0.5) is 11.4 Å². The smallest absolute Gasteiger partial charge is 0.264 e. The Morgan fingerprint density at radius 2 is 1.23 bits per heavy atom. The minimum atomic E-state index is -3.92. The fourth-order valence-corrected chi connectivity index (χ4v) is 3.07. The van der Waals surface area contributed by atoms with Crippen LogP contribution in [0.15, 0.2) is 53.4 Å². The molecule has 0 aliphatic carbocycles. The van der Waals surface area contributed by atoms with E-state index in [1.807, 2.05) is 4.72 Å². The Morgan fingerprint density at radius 3 is 1.73 bits per heavy atom. The number of hydrogen-bond acceptors (Lipinski definition) is 5. The van der Waals surface area contributed by atoms with Gasteiger partial charge in [-0.3, -0.25) is 14.4 Å². The molecule has 26 heavy (non-hydrogen) atoms. The van der Waals surface area contributed by atoms with E-state index in [9.17, 15) is 22.8 Å². The zero-order valence-electron chi connectivity index (χ0n) is 14.1. The third kappa shape index (κ3) is 5.15. The molecule has 3 amide bonds. The van der Waals surface area contributed by atoms with E-state index in [2.05, 4.69) is 10.6 Å². The van der Waals surface area contributed by atoms with E-state index in [1.54, 1.807) is 24.3 Å². The average molecular weight is 375 g/mol. The first-order chi connectivity index (χ1) is 12.2. The van der Waals surface area contributed by atoms with E-state index in [0.29, 0.717) is 16.9 Å². The molecule has 3 N–H and O–H groups in total. The summed E-state index contributed by atoms with van der Waals surface area (Å²) in [7, 11) is -3.92. The molecule has 2 rings (SSSR count). The quantitative estimate of drug-likeness (QED) is 0.735. The molecule has 0 radical (unpaired) electrons. The summed E-state index contributed by atoms with van der Waals surface area (Å²) in [5.41, 5.74) is 1.33. The monoisotopic (exact) mass is 375 g/mol. The second-order valence-corrected chi connectivity index (χ2v) is 7.08. The summed E-state index contributed by atoms with van der Waals surface area (Å²) in [6.07, 6.45) is 0. The second kappa shape index (κ2) is 7.79. The number of sulfonamides is 1. The lowest BCUT2D eigenvalue weighted by molar-refractivity contribution is -0.117. The van der Waals surface area contributed by atoms with Gasteiger partial charge < -0.3 is 10.6 Å². The van der Waals surface area contributed by atoms with E-state index >= 15 is 0 Å². The van der Waals surface area contributed by atoms with Crippen molar-refractivity contribution < 1.29 is 22.8 Å². The number of benzene rings is 2. The first-order valence-electron chi connectivity index (χ1n) is 7.50. The Kier molecular flexibility index (Phi) is 5.73. The SMILES string of the molecule is CC(=O)Nc1ccc(C(=O)Nc2ccc(S(=O)(=O)NC(C)=O)cc2)cc1. The maximum atomic E-state index is 12.2. The standard InChI is InChI=1S/C17H17N3O5S/c1-11(21)18-14-5-3-13(4-6-14)17(23)19-15-7-9-16(10-8-15)26(24,25)20-12(2)22/h3-10H,1-2H3,(H,18,21)(H,19,23)(H,20,22). The van der Waals surface area contributed by atoms with E-state index < -0.39 is 21.8 Å². The highest BCUT2D eigenvalue weighted by atomic mass is 32.2. The highest BCUT2D eigenvalue weighted by Crippen LogP contribution is 2.16. The predicted molar refractivity (Wildman–Crippen MR) is 96.1 cm³/mol. The van der Waals surface area contributed by atoms with Gasteiger partial charge in [0.15, 0.2) is 0 Å².